The minimum absolute atomic E-state index is 0.0231. The quantitative estimate of drug-likeness (QED) is 0.831. The number of dihydropyridines is 1. The number of benzene rings is 1. The third kappa shape index (κ3) is 2.36. The minimum atomic E-state index is -1.66. The van der Waals surface area contributed by atoms with Crippen molar-refractivity contribution in [2.75, 3.05) is 6.61 Å². The van der Waals surface area contributed by atoms with Crippen LogP contribution in [-0.4, -0.2) is 23.7 Å². The molecule has 5 nitrogen and oxygen atoms in total. The predicted octanol–water partition coefficient (Wildman–Crippen LogP) is 2.71. The average molecular weight is 335 g/mol. The molecule has 0 saturated heterocycles. The lowest BCUT2D eigenvalue weighted by molar-refractivity contribution is -0.136. The molecule has 0 radical (unpaired) electrons. The van der Waals surface area contributed by atoms with Gasteiger partial charge in [-0.2, -0.15) is 0 Å². The number of carbonyl (C=O) groups is 2. The van der Waals surface area contributed by atoms with Crippen LogP contribution in [0.2, 0.25) is 0 Å². The van der Waals surface area contributed by atoms with Gasteiger partial charge in [-0.15, -0.1) is 0 Å². The van der Waals surface area contributed by atoms with E-state index in [1.165, 1.54) is 19.1 Å². The van der Waals surface area contributed by atoms with E-state index in [4.69, 9.17) is 4.74 Å². The van der Waals surface area contributed by atoms with Gasteiger partial charge in [0.05, 0.1) is 22.8 Å². The first-order valence-corrected chi connectivity index (χ1v) is 7.36. The summed E-state index contributed by atoms with van der Waals surface area (Å²) in [4.78, 5) is 23.9. The number of ether oxygens (including phenoxy) is 1. The van der Waals surface area contributed by atoms with Crippen LogP contribution < -0.4 is 5.32 Å². The molecule has 126 valence electrons. The largest absolute Gasteiger partial charge is 0.478 e. The van der Waals surface area contributed by atoms with Crippen molar-refractivity contribution in [2.45, 2.75) is 25.9 Å². The Bertz CT molecular complexity index is 809. The fourth-order valence-electron chi connectivity index (χ4n) is 3.29. The summed E-state index contributed by atoms with van der Waals surface area (Å²) in [7, 11) is 0. The number of nitrogens with one attached hydrogen (secondary N) is 1. The number of carboxylic acids is 1. The topological polar surface area (TPSA) is 75.6 Å². The molecule has 2 atom stereocenters. The van der Waals surface area contributed by atoms with Crippen molar-refractivity contribution in [3.8, 4) is 0 Å². The number of hydrogen-bond acceptors (Lipinski definition) is 4. The number of alkyl halides is 1. The van der Waals surface area contributed by atoms with Crippen LogP contribution >= 0.6 is 0 Å². The van der Waals surface area contributed by atoms with Crippen LogP contribution in [0.15, 0.2) is 40.7 Å². The SMILES string of the molecule is CC1=C(C(=O)O)C(c2cccc(F)c2C(C)F)C2=C(COC2=O)N1. The highest BCUT2D eigenvalue weighted by Crippen LogP contribution is 2.44. The number of allylic oxidation sites excluding steroid dienone is 1. The summed E-state index contributed by atoms with van der Waals surface area (Å²) in [5, 5.41) is 12.4. The summed E-state index contributed by atoms with van der Waals surface area (Å²) in [6, 6.07) is 3.92. The summed E-state index contributed by atoms with van der Waals surface area (Å²) in [5.74, 6) is -3.82. The predicted molar refractivity (Wildman–Crippen MR) is 80.1 cm³/mol. The number of carbonyl (C=O) groups excluding carboxylic acids is 1. The smallest absolute Gasteiger partial charge is 0.337 e. The second-order valence-electron chi connectivity index (χ2n) is 5.73. The molecule has 2 unspecified atom stereocenters. The summed E-state index contributed by atoms with van der Waals surface area (Å²) in [6.07, 6.45) is -1.66. The molecule has 2 N–H and O–H groups in total. The molecule has 0 saturated carbocycles. The second kappa shape index (κ2) is 5.74. The third-order valence-electron chi connectivity index (χ3n) is 4.24. The van der Waals surface area contributed by atoms with E-state index in [2.05, 4.69) is 5.32 Å². The fraction of sp³-hybridized carbons (Fsp3) is 0.294. The number of cyclic esters (lactones) is 1. The van der Waals surface area contributed by atoms with E-state index >= 15 is 0 Å². The molecule has 0 bridgehead atoms. The Morgan fingerprint density at radius 1 is 1.46 bits per heavy atom. The highest BCUT2D eigenvalue weighted by atomic mass is 19.1. The summed E-state index contributed by atoms with van der Waals surface area (Å²) in [6.45, 7) is 2.69. The van der Waals surface area contributed by atoms with Crippen LogP contribution in [0.4, 0.5) is 8.78 Å². The van der Waals surface area contributed by atoms with E-state index in [1.807, 2.05) is 0 Å². The Kier molecular flexibility index (Phi) is 3.87. The summed E-state index contributed by atoms with van der Waals surface area (Å²) < 4.78 is 33.2. The van der Waals surface area contributed by atoms with Crippen LogP contribution in [0.25, 0.3) is 0 Å². The zero-order chi connectivity index (χ0) is 17.6. The van der Waals surface area contributed by atoms with Crippen molar-refractivity contribution in [3.05, 3.63) is 57.7 Å². The van der Waals surface area contributed by atoms with Gasteiger partial charge < -0.3 is 15.2 Å². The van der Waals surface area contributed by atoms with Crippen molar-refractivity contribution in [1.29, 1.82) is 0 Å². The molecule has 3 rings (SSSR count). The van der Waals surface area contributed by atoms with E-state index in [0.29, 0.717) is 11.4 Å². The Balaban J connectivity index is 2.29. The molecule has 0 aliphatic carbocycles. The van der Waals surface area contributed by atoms with Crippen LogP contribution in [0.1, 0.15) is 37.1 Å². The molecule has 2 heterocycles. The molecule has 2 aliphatic rings. The highest BCUT2D eigenvalue weighted by molar-refractivity contribution is 6.00. The molecule has 0 aromatic heterocycles. The van der Waals surface area contributed by atoms with Gasteiger partial charge in [0.1, 0.15) is 18.6 Å². The van der Waals surface area contributed by atoms with E-state index in [1.54, 1.807) is 6.92 Å². The standard InChI is InChI=1S/C17H15F2NO4/c1-7(18)12-9(4-3-5-10(12)19)14-13(16(21)22)8(2)20-11-6-24-17(23)15(11)14/h3-5,7,14,20H,6H2,1-2H3,(H,21,22). The maximum atomic E-state index is 14.2. The number of rotatable bonds is 3. The van der Waals surface area contributed by atoms with Crippen LogP contribution in [0, 0.1) is 5.82 Å². The van der Waals surface area contributed by atoms with Gasteiger partial charge in [-0.05, 0) is 25.5 Å². The number of aliphatic carboxylic acids is 1. The number of hydrogen-bond donors (Lipinski definition) is 2. The van der Waals surface area contributed by atoms with Crippen molar-refractivity contribution in [1.82, 2.24) is 5.32 Å². The molecule has 0 amide bonds. The van der Waals surface area contributed by atoms with Gasteiger partial charge >= 0.3 is 11.9 Å². The van der Waals surface area contributed by atoms with Gasteiger partial charge in [-0.3, -0.25) is 0 Å². The Morgan fingerprint density at radius 2 is 2.17 bits per heavy atom. The van der Waals surface area contributed by atoms with Gasteiger partial charge in [0, 0.05) is 11.3 Å². The first-order chi connectivity index (χ1) is 11.3. The fourth-order valence-corrected chi connectivity index (χ4v) is 3.29. The lowest BCUT2D eigenvalue weighted by atomic mass is 9.78. The normalized spacial score (nSPS) is 21.3. The Morgan fingerprint density at radius 3 is 2.79 bits per heavy atom. The highest BCUT2D eigenvalue weighted by Gasteiger charge is 2.42. The third-order valence-corrected chi connectivity index (χ3v) is 4.24. The molecule has 24 heavy (non-hydrogen) atoms. The molecule has 0 spiro atoms. The molecule has 1 aromatic carbocycles. The monoisotopic (exact) mass is 335 g/mol. The van der Waals surface area contributed by atoms with Gasteiger partial charge in [-0.25, -0.2) is 18.4 Å². The van der Waals surface area contributed by atoms with Crippen LogP contribution in [-0.2, 0) is 14.3 Å². The van der Waals surface area contributed by atoms with E-state index < -0.39 is 29.8 Å². The second-order valence-corrected chi connectivity index (χ2v) is 5.73. The first-order valence-electron chi connectivity index (χ1n) is 7.36. The van der Waals surface area contributed by atoms with E-state index in [-0.39, 0.29) is 28.9 Å². The van der Waals surface area contributed by atoms with Gasteiger partial charge in [-0.1, -0.05) is 12.1 Å². The van der Waals surface area contributed by atoms with Crippen molar-refractivity contribution < 1.29 is 28.2 Å². The number of carboxylic acid groups (broad SMARTS) is 1. The van der Waals surface area contributed by atoms with Crippen molar-refractivity contribution in [3.63, 3.8) is 0 Å². The Labute approximate surface area is 136 Å². The lowest BCUT2D eigenvalue weighted by Crippen LogP contribution is -2.30. The van der Waals surface area contributed by atoms with Gasteiger partial charge in [0.2, 0.25) is 0 Å². The van der Waals surface area contributed by atoms with E-state index in [9.17, 15) is 23.5 Å². The zero-order valence-corrected chi connectivity index (χ0v) is 13.0. The molecule has 2 aliphatic heterocycles. The zero-order valence-electron chi connectivity index (χ0n) is 13.0. The molecule has 0 fully saturated rings. The van der Waals surface area contributed by atoms with Gasteiger partial charge in [0.15, 0.2) is 0 Å². The average Bonchev–Trinajstić information content (AvgIpc) is 2.85. The molecular formula is C17H15F2NO4. The molecular weight excluding hydrogens is 320 g/mol. The maximum Gasteiger partial charge on any atom is 0.337 e. The minimum Gasteiger partial charge on any atom is -0.478 e. The number of halogens is 2. The van der Waals surface area contributed by atoms with Crippen LogP contribution in [0.5, 0.6) is 0 Å². The lowest BCUT2D eigenvalue weighted by Gasteiger charge is -2.28. The van der Waals surface area contributed by atoms with Gasteiger partial charge in [0.25, 0.3) is 0 Å². The molecule has 7 heteroatoms. The van der Waals surface area contributed by atoms with Crippen molar-refractivity contribution in [2.24, 2.45) is 0 Å². The van der Waals surface area contributed by atoms with Crippen LogP contribution in [0.3, 0.4) is 0 Å². The summed E-state index contributed by atoms with van der Waals surface area (Å²) in [5.41, 5.74) is 0.572. The van der Waals surface area contributed by atoms with Crippen molar-refractivity contribution >= 4 is 11.9 Å². The summed E-state index contributed by atoms with van der Waals surface area (Å²) >= 11 is 0. The Hall–Kier alpha value is -2.70. The first kappa shape index (κ1) is 16.2. The maximum absolute atomic E-state index is 14.2. The van der Waals surface area contributed by atoms with E-state index in [0.717, 1.165) is 6.07 Å². The number of esters is 1. The molecule has 1 aromatic rings.